The van der Waals surface area contributed by atoms with Crippen LogP contribution in [0.25, 0.3) is 0 Å². The van der Waals surface area contributed by atoms with Crippen molar-refractivity contribution in [1.29, 1.82) is 0 Å². The van der Waals surface area contributed by atoms with Gasteiger partial charge >= 0.3 is 6.09 Å². The van der Waals surface area contributed by atoms with Crippen LogP contribution >= 0.6 is 0 Å². The van der Waals surface area contributed by atoms with E-state index in [4.69, 9.17) is 4.74 Å². The number of rotatable bonds is 1. The summed E-state index contributed by atoms with van der Waals surface area (Å²) in [5.41, 5.74) is 3.61. The average Bonchev–Trinajstić information content (AvgIpc) is 2.57. The van der Waals surface area contributed by atoms with E-state index in [0.717, 1.165) is 5.56 Å². The zero-order valence-electron chi connectivity index (χ0n) is 8.33. The van der Waals surface area contributed by atoms with Crippen molar-refractivity contribution in [2.45, 2.75) is 19.9 Å². The molecule has 0 aliphatic carbocycles. The number of carbonyl (C=O) groups excluding carboxylic acids is 1. The molecule has 1 atom stereocenters. The molecular formula is C11H13NO2. The van der Waals surface area contributed by atoms with E-state index in [9.17, 15) is 4.79 Å². The fourth-order valence-corrected chi connectivity index (χ4v) is 1.55. The lowest BCUT2D eigenvalue weighted by Crippen LogP contribution is -2.18. The number of benzene rings is 1. The molecule has 1 saturated heterocycles. The van der Waals surface area contributed by atoms with Gasteiger partial charge in [-0.2, -0.15) is 0 Å². The Kier molecular flexibility index (Phi) is 2.15. The van der Waals surface area contributed by atoms with Crippen molar-refractivity contribution in [3.05, 3.63) is 34.9 Å². The predicted molar refractivity (Wildman–Crippen MR) is 53.1 cm³/mol. The van der Waals surface area contributed by atoms with Gasteiger partial charge < -0.3 is 10.1 Å². The van der Waals surface area contributed by atoms with Crippen molar-refractivity contribution in [2.24, 2.45) is 0 Å². The van der Waals surface area contributed by atoms with Crippen LogP contribution in [0.4, 0.5) is 4.79 Å². The number of aryl methyl sites for hydroxylation is 2. The Balaban J connectivity index is 2.24. The Hall–Kier alpha value is -1.51. The standard InChI is InChI=1S/C11H13NO2/c1-7-3-4-9(5-8(7)2)10-6-14-11(13)12-10/h3-5,10H,6H2,1-2H3,(H,12,13)/t10-/m1/s1. The smallest absolute Gasteiger partial charge is 0.407 e. The predicted octanol–water partition coefficient (Wildman–Crippen LogP) is 2.08. The summed E-state index contributed by atoms with van der Waals surface area (Å²) in [6, 6.07) is 6.20. The number of nitrogens with one attached hydrogen (secondary N) is 1. The molecule has 0 saturated carbocycles. The highest BCUT2D eigenvalue weighted by Crippen LogP contribution is 2.20. The largest absolute Gasteiger partial charge is 0.447 e. The van der Waals surface area contributed by atoms with E-state index in [0.29, 0.717) is 6.61 Å². The summed E-state index contributed by atoms with van der Waals surface area (Å²) in [6.07, 6.45) is -0.326. The van der Waals surface area contributed by atoms with Gasteiger partial charge in [-0.1, -0.05) is 18.2 Å². The van der Waals surface area contributed by atoms with Gasteiger partial charge in [-0.15, -0.1) is 0 Å². The van der Waals surface area contributed by atoms with Gasteiger partial charge in [-0.3, -0.25) is 0 Å². The third-order valence-corrected chi connectivity index (χ3v) is 2.61. The van der Waals surface area contributed by atoms with Gasteiger partial charge in [0.2, 0.25) is 0 Å². The number of ether oxygens (including phenoxy) is 1. The molecule has 1 amide bonds. The van der Waals surface area contributed by atoms with Gasteiger partial charge in [0.15, 0.2) is 0 Å². The Morgan fingerprint density at radius 3 is 2.71 bits per heavy atom. The van der Waals surface area contributed by atoms with Crippen LogP contribution in [-0.2, 0) is 4.74 Å². The summed E-state index contributed by atoms with van der Waals surface area (Å²) in [5, 5.41) is 2.76. The average molecular weight is 191 g/mol. The van der Waals surface area contributed by atoms with E-state index in [1.165, 1.54) is 11.1 Å². The molecule has 14 heavy (non-hydrogen) atoms. The lowest BCUT2D eigenvalue weighted by atomic mass is 10.0. The fourth-order valence-electron chi connectivity index (χ4n) is 1.55. The van der Waals surface area contributed by atoms with Crippen LogP contribution in [0.2, 0.25) is 0 Å². The maximum Gasteiger partial charge on any atom is 0.407 e. The maximum atomic E-state index is 10.8. The highest BCUT2D eigenvalue weighted by atomic mass is 16.6. The Labute approximate surface area is 83.1 Å². The minimum atomic E-state index is -0.326. The topological polar surface area (TPSA) is 38.3 Å². The molecule has 1 aliphatic heterocycles. The van der Waals surface area contributed by atoms with Crippen LogP contribution in [0.3, 0.4) is 0 Å². The van der Waals surface area contributed by atoms with Crippen LogP contribution in [0.5, 0.6) is 0 Å². The first-order valence-corrected chi connectivity index (χ1v) is 4.67. The van der Waals surface area contributed by atoms with Crippen LogP contribution in [-0.4, -0.2) is 12.7 Å². The second-order valence-corrected chi connectivity index (χ2v) is 3.64. The summed E-state index contributed by atoms with van der Waals surface area (Å²) in [6.45, 7) is 4.57. The number of cyclic esters (lactones) is 1. The molecule has 1 fully saturated rings. The Morgan fingerprint density at radius 2 is 2.14 bits per heavy atom. The third kappa shape index (κ3) is 1.58. The molecule has 1 aromatic rings. The molecule has 1 aromatic carbocycles. The fraction of sp³-hybridized carbons (Fsp3) is 0.364. The highest BCUT2D eigenvalue weighted by molar-refractivity contribution is 5.70. The highest BCUT2D eigenvalue weighted by Gasteiger charge is 2.23. The quantitative estimate of drug-likeness (QED) is 0.738. The molecule has 0 bridgehead atoms. The molecule has 74 valence electrons. The minimum absolute atomic E-state index is 0.0156. The van der Waals surface area contributed by atoms with Crippen molar-refractivity contribution in [2.75, 3.05) is 6.61 Å². The lowest BCUT2D eigenvalue weighted by Gasteiger charge is -2.09. The minimum Gasteiger partial charge on any atom is -0.447 e. The molecule has 1 aliphatic rings. The molecular weight excluding hydrogens is 178 g/mol. The zero-order valence-corrected chi connectivity index (χ0v) is 8.33. The number of hydrogen-bond acceptors (Lipinski definition) is 2. The summed E-state index contributed by atoms with van der Waals surface area (Å²) < 4.78 is 4.84. The number of hydrogen-bond donors (Lipinski definition) is 1. The van der Waals surface area contributed by atoms with Crippen molar-refractivity contribution in [3.8, 4) is 0 Å². The molecule has 2 rings (SSSR count). The summed E-state index contributed by atoms with van der Waals surface area (Å²) >= 11 is 0. The summed E-state index contributed by atoms with van der Waals surface area (Å²) in [7, 11) is 0. The molecule has 3 heteroatoms. The van der Waals surface area contributed by atoms with Crippen molar-refractivity contribution in [1.82, 2.24) is 5.32 Å². The molecule has 0 spiro atoms. The van der Waals surface area contributed by atoms with Gasteiger partial charge in [0.05, 0.1) is 6.04 Å². The van der Waals surface area contributed by atoms with Crippen molar-refractivity contribution < 1.29 is 9.53 Å². The third-order valence-electron chi connectivity index (χ3n) is 2.61. The van der Waals surface area contributed by atoms with Crippen LogP contribution in [0, 0.1) is 13.8 Å². The molecule has 0 unspecified atom stereocenters. The van der Waals surface area contributed by atoms with E-state index in [-0.39, 0.29) is 12.1 Å². The van der Waals surface area contributed by atoms with Gasteiger partial charge in [-0.25, -0.2) is 4.79 Å². The van der Waals surface area contributed by atoms with Crippen molar-refractivity contribution >= 4 is 6.09 Å². The molecule has 1 heterocycles. The van der Waals surface area contributed by atoms with E-state index in [1.54, 1.807) is 0 Å². The van der Waals surface area contributed by atoms with E-state index in [1.807, 2.05) is 6.07 Å². The normalized spacial score (nSPS) is 20.4. The summed E-state index contributed by atoms with van der Waals surface area (Å²) in [5.74, 6) is 0. The van der Waals surface area contributed by atoms with Gasteiger partial charge in [0.25, 0.3) is 0 Å². The molecule has 3 nitrogen and oxygen atoms in total. The van der Waals surface area contributed by atoms with Crippen molar-refractivity contribution in [3.63, 3.8) is 0 Å². The van der Waals surface area contributed by atoms with Crippen LogP contribution in [0.1, 0.15) is 22.7 Å². The van der Waals surface area contributed by atoms with E-state index in [2.05, 4.69) is 31.3 Å². The van der Waals surface area contributed by atoms with E-state index < -0.39 is 0 Å². The first-order chi connectivity index (χ1) is 6.66. The zero-order chi connectivity index (χ0) is 10.1. The first kappa shape index (κ1) is 9.06. The lowest BCUT2D eigenvalue weighted by molar-refractivity contribution is 0.177. The number of alkyl carbamates (subject to hydrolysis) is 1. The number of carbonyl (C=O) groups is 1. The van der Waals surface area contributed by atoms with Gasteiger partial charge in [0, 0.05) is 0 Å². The maximum absolute atomic E-state index is 10.8. The SMILES string of the molecule is Cc1ccc([C@H]2COC(=O)N2)cc1C. The monoisotopic (exact) mass is 191 g/mol. The van der Waals surface area contributed by atoms with Gasteiger partial charge in [-0.05, 0) is 30.5 Å². The second-order valence-electron chi connectivity index (χ2n) is 3.64. The Morgan fingerprint density at radius 1 is 1.36 bits per heavy atom. The first-order valence-electron chi connectivity index (χ1n) is 4.67. The molecule has 0 radical (unpaired) electrons. The second kappa shape index (κ2) is 3.33. The number of amides is 1. The summed E-state index contributed by atoms with van der Waals surface area (Å²) in [4.78, 5) is 10.8. The Bertz CT molecular complexity index is 374. The van der Waals surface area contributed by atoms with Crippen LogP contribution < -0.4 is 5.32 Å². The molecule has 0 aromatic heterocycles. The van der Waals surface area contributed by atoms with Gasteiger partial charge in [0.1, 0.15) is 6.61 Å². The van der Waals surface area contributed by atoms with Crippen LogP contribution in [0.15, 0.2) is 18.2 Å². The molecule has 1 N–H and O–H groups in total. The van der Waals surface area contributed by atoms with E-state index >= 15 is 0 Å².